The van der Waals surface area contributed by atoms with Crippen LogP contribution < -0.4 is 0 Å². The molecule has 2 saturated heterocycles. The number of carbonyl (C=O) groups is 2. The second kappa shape index (κ2) is 3.55. The lowest BCUT2D eigenvalue weighted by Crippen LogP contribution is -2.32. The number of imide groups is 1. The summed E-state index contributed by atoms with van der Waals surface area (Å²) < 4.78 is 5.40. The molecule has 0 radical (unpaired) electrons. The number of amides is 2. The highest BCUT2D eigenvalue weighted by Crippen LogP contribution is 2.46. The number of hydrogen-bond acceptors (Lipinski definition) is 3. The van der Waals surface area contributed by atoms with Crippen LogP contribution in [0.3, 0.4) is 0 Å². The molecule has 3 aliphatic rings. The molecule has 88 valence electrons. The molecule has 3 rings (SSSR count). The van der Waals surface area contributed by atoms with E-state index in [9.17, 15) is 9.59 Å². The van der Waals surface area contributed by atoms with Gasteiger partial charge in [0.05, 0.1) is 24.0 Å². The maximum atomic E-state index is 12.1. The summed E-state index contributed by atoms with van der Waals surface area (Å²) in [6.45, 7) is 2.68. The molecule has 2 amide bonds. The first-order valence-electron chi connectivity index (χ1n) is 6.23. The first-order chi connectivity index (χ1) is 7.72. The number of hydrogen-bond donors (Lipinski definition) is 0. The van der Waals surface area contributed by atoms with Crippen LogP contribution in [0.25, 0.3) is 0 Å². The van der Waals surface area contributed by atoms with E-state index in [0.717, 1.165) is 25.7 Å². The first-order valence-corrected chi connectivity index (χ1v) is 6.23. The fourth-order valence-electron chi connectivity index (χ4n) is 3.01. The van der Waals surface area contributed by atoms with Gasteiger partial charge in [-0.2, -0.15) is 0 Å². The fraction of sp³-hybridized carbons (Fsp3) is 0.833. The highest BCUT2D eigenvalue weighted by atomic mass is 16.6. The Kier molecular flexibility index (Phi) is 2.28. The van der Waals surface area contributed by atoms with Crippen molar-refractivity contribution in [1.82, 2.24) is 4.90 Å². The van der Waals surface area contributed by atoms with Crippen molar-refractivity contribution in [2.45, 2.75) is 44.8 Å². The van der Waals surface area contributed by atoms with Crippen LogP contribution in [0.1, 0.15) is 32.6 Å². The Hall–Kier alpha value is -0.900. The number of carbonyl (C=O) groups excluding carboxylic acids is 2. The SMILES string of the molecule is CCCCN1C(=O)C2CC3OC3CC2C1=O. The summed E-state index contributed by atoms with van der Waals surface area (Å²) >= 11 is 0. The van der Waals surface area contributed by atoms with Crippen LogP contribution in [0.5, 0.6) is 0 Å². The van der Waals surface area contributed by atoms with Crippen molar-refractivity contribution < 1.29 is 14.3 Å². The van der Waals surface area contributed by atoms with Crippen LogP contribution in [0.15, 0.2) is 0 Å². The van der Waals surface area contributed by atoms with Gasteiger partial charge in [-0.3, -0.25) is 14.5 Å². The van der Waals surface area contributed by atoms with Crippen molar-refractivity contribution in [2.24, 2.45) is 11.8 Å². The van der Waals surface area contributed by atoms with E-state index in [1.807, 2.05) is 0 Å². The first kappa shape index (κ1) is 10.3. The van der Waals surface area contributed by atoms with Crippen LogP contribution in [-0.2, 0) is 14.3 Å². The Morgan fingerprint density at radius 1 is 1.19 bits per heavy atom. The van der Waals surface area contributed by atoms with Gasteiger partial charge in [0, 0.05) is 6.54 Å². The zero-order valence-electron chi connectivity index (χ0n) is 9.52. The summed E-state index contributed by atoms with van der Waals surface area (Å²) in [5.74, 6) is -0.0454. The number of fused-ring (bicyclic) bond motifs is 2. The molecule has 0 N–H and O–H groups in total. The van der Waals surface area contributed by atoms with E-state index in [1.54, 1.807) is 0 Å². The van der Waals surface area contributed by atoms with Crippen molar-refractivity contribution in [1.29, 1.82) is 0 Å². The third kappa shape index (κ3) is 1.39. The standard InChI is InChI=1S/C12H17NO3/c1-2-3-4-13-11(14)7-5-9-10(16-9)6-8(7)12(13)15/h7-10H,2-6H2,1H3. The van der Waals surface area contributed by atoms with E-state index in [2.05, 4.69) is 6.92 Å². The average molecular weight is 223 g/mol. The van der Waals surface area contributed by atoms with Gasteiger partial charge in [-0.15, -0.1) is 0 Å². The minimum atomic E-state index is -0.0758. The molecular formula is C12H17NO3. The molecule has 4 nitrogen and oxygen atoms in total. The molecule has 3 fully saturated rings. The summed E-state index contributed by atoms with van der Waals surface area (Å²) in [4.78, 5) is 25.6. The predicted octanol–water partition coefficient (Wildman–Crippen LogP) is 0.949. The molecule has 4 unspecified atom stereocenters. The van der Waals surface area contributed by atoms with Gasteiger partial charge < -0.3 is 4.74 Å². The molecule has 0 aromatic carbocycles. The zero-order valence-corrected chi connectivity index (χ0v) is 9.52. The van der Waals surface area contributed by atoms with Gasteiger partial charge in [-0.25, -0.2) is 0 Å². The van der Waals surface area contributed by atoms with E-state index >= 15 is 0 Å². The maximum absolute atomic E-state index is 12.1. The second-order valence-corrected chi connectivity index (χ2v) is 5.08. The summed E-state index contributed by atoms with van der Waals surface area (Å²) in [7, 11) is 0. The van der Waals surface area contributed by atoms with E-state index in [4.69, 9.17) is 4.74 Å². The predicted molar refractivity (Wildman–Crippen MR) is 56.5 cm³/mol. The number of nitrogens with zero attached hydrogens (tertiary/aromatic N) is 1. The third-order valence-corrected chi connectivity index (χ3v) is 4.05. The Bertz CT molecular complexity index is 313. The molecule has 0 aromatic rings. The minimum Gasteiger partial charge on any atom is -0.370 e. The summed E-state index contributed by atoms with van der Waals surface area (Å²) in [5, 5.41) is 0. The average Bonchev–Trinajstić information content (AvgIpc) is 3.00. The van der Waals surface area contributed by atoms with Crippen LogP contribution in [0.2, 0.25) is 0 Å². The van der Waals surface area contributed by atoms with Gasteiger partial charge in [-0.1, -0.05) is 13.3 Å². The number of rotatable bonds is 3. The maximum Gasteiger partial charge on any atom is 0.233 e. The molecule has 1 aliphatic carbocycles. The topological polar surface area (TPSA) is 49.9 Å². The van der Waals surface area contributed by atoms with Crippen molar-refractivity contribution in [3.05, 3.63) is 0 Å². The minimum absolute atomic E-state index is 0.0531. The van der Waals surface area contributed by atoms with E-state index in [1.165, 1.54) is 4.90 Å². The zero-order chi connectivity index (χ0) is 11.3. The fourth-order valence-corrected chi connectivity index (χ4v) is 3.01. The van der Waals surface area contributed by atoms with Crippen LogP contribution in [0.4, 0.5) is 0 Å². The summed E-state index contributed by atoms with van der Waals surface area (Å²) in [5.41, 5.74) is 0. The Morgan fingerprint density at radius 2 is 1.75 bits per heavy atom. The van der Waals surface area contributed by atoms with Crippen molar-refractivity contribution >= 4 is 11.8 Å². The number of epoxide rings is 1. The number of unbranched alkanes of at least 4 members (excludes halogenated alkanes) is 1. The van der Waals surface area contributed by atoms with Crippen molar-refractivity contribution in [3.63, 3.8) is 0 Å². The Labute approximate surface area is 94.9 Å². The lowest BCUT2D eigenvalue weighted by Gasteiger charge is -2.16. The van der Waals surface area contributed by atoms with Gasteiger partial charge >= 0.3 is 0 Å². The lowest BCUT2D eigenvalue weighted by atomic mass is 9.81. The van der Waals surface area contributed by atoms with E-state index in [-0.39, 0.29) is 35.9 Å². The highest BCUT2D eigenvalue weighted by Gasteiger charge is 2.57. The molecular weight excluding hydrogens is 206 g/mol. The van der Waals surface area contributed by atoms with Gasteiger partial charge in [0.2, 0.25) is 11.8 Å². The third-order valence-electron chi connectivity index (χ3n) is 4.05. The van der Waals surface area contributed by atoms with Crippen LogP contribution in [-0.4, -0.2) is 35.5 Å². The molecule has 4 atom stereocenters. The Balaban J connectivity index is 1.74. The van der Waals surface area contributed by atoms with Gasteiger partial charge in [0.15, 0.2) is 0 Å². The Morgan fingerprint density at radius 3 is 2.25 bits per heavy atom. The summed E-state index contributed by atoms with van der Waals surface area (Å²) in [6.07, 6.45) is 4.00. The molecule has 0 bridgehead atoms. The molecule has 4 heteroatoms. The molecule has 2 heterocycles. The lowest BCUT2D eigenvalue weighted by molar-refractivity contribution is -0.140. The summed E-state index contributed by atoms with van der Waals surface area (Å²) in [6, 6.07) is 0. The molecule has 16 heavy (non-hydrogen) atoms. The quantitative estimate of drug-likeness (QED) is 0.528. The van der Waals surface area contributed by atoms with E-state index in [0.29, 0.717) is 6.54 Å². The molecule has 0 aromatic heterocycles. The number of likely N-dealkylation sites (tertiary alicyclic amines) is 1. The van der Waals surface area contributed by atoms with Crippen LogP contribution >= 0.6 is 0 Å². The molecule has 2 aliphatic heterocycles. The van der Waals surface area contributed by atoms with Crippen molar-refractivity contribution in [2.75, 3.05) is 6.54 Å². The smallest absolute Gasteiger partial charge is 0.233 e. The van der Waals surface area contributed by atoms with Crippen LogP contribution in [0, 0.1) is 11.8 Å². The van der Waals surface area contributed by atoms with Crippen molar-refractivity contribution in [3.8, 4) is 0 Å². The second-order valence-electron chi connectivity index (χ2n) is 5.08. The molecule has 0 spiro atoms. The van der Waals surface area contributed by atoms with Gasteiger partial charge in [0.25, 0.3) is 0 Å². The number of ether oxygens (including phenoxy) is 1. The highest BCUT2D eigenvalue weighted by molar-refractivity contribution is 6.05. The molecule has 1 saturated carbocycles. The van der Waals surface area contributed by atoms with Gasteiger partial charge in [0.1, 0.15) is 0 Å². The largest absolute Gasteiger partial charge is 0.370 e. The van der Waals surface area contributed by atoms with E-state index < -0.39 is 0 Å². The van der Waals surface area contributed by atoms with Gasteiger partial charge in [-0.05, 0) is 19.3 Å². The monoisotopic (exact) mass is 223 g/mol. The normalized spacial score (nSPS) is 40.9.